The van der Waals surface area contributed by atoms with Gasteiger partial charge >= 0.3 is 0 Å². The van der Waals surface area contributed by atoms with Crippen molar-refractivity contribution < 1.29 is 13.9 Å². The molecule has 0 saturated heterocycles. The fourth-order valence-corrected chi connectivity index (χ4v) is 2.08. The number of carbonyl (C=O) groups is 1. The van der Waals surface area contributed by atoms with Gasteiger partial charge < -0.3 is 4.74 Å². The smallest absolute Gasteiger partial charge is 0.150 e. The summed E-state index contributed by atoms with van der Waals surface area (Å²) in [5.74, 6) is 0.301. The topological polar surface area (TPSA) is 26.3 Å². The maximum Gasteiger partial charge on any atom is 0.150 e. The Hall–Kier alpha value is -2.42. The van der Waals surface area contributed by atoms with E-state index in [1.165, 1.54) is 12.1 Å². The number of aldehydes is 1. The highest BCUT2D eigenvalue weighted by Gasteiger charge is 2.12. The zero-order chi connectivity index (χ0) is 14.5. The molecule has 20 heavy (non-hydrogen) atoms. The van der Waals surface area contributed by atoms with Crippen LogP contribution in [0.4, 0.5) is 4.39 Å². The van der Waals surface area contributed by atoms with Crippen LogP contribution in [0.3, 0.4) is 0 Å². The number of halogens is 1. The third-order valence-electron chi connectivity index (χ3n) is 2.94. The SMILES string of the molecule is C=Cc1cc(C=O)cc(OCC)c1-c1ccc(F)cc1. The van der Waals surface area contributed by atoms with Gasteiger partial charge in [0, 0.05) is 11.1 Å². The molecule has 0 bridgehead atoms. The van der Waals surface area contributed by atoms with Crippen molar-refractivity contribution in [2.45, 2.75) is 6.92 Å². The van der Waals surface area contributed by atoms with E-state index in [-0.39, 0.29) is 5.82 Å². The average molecular weight is 270 g/mol. The number of hydrogen-bond acceptors (Lipinski definition) is 2. The highest BCUT2D eigenvalue weighted by Crippen LogP contribution is 2.35. The lowest BCUT2D eigenvalue weighted by molar-refractivity contribution is 0.112. The van der Waals surface area contributed by atoms with Crippen molar-refractivity contribution in [2.24, 2.45) is 0 Å². The maximum atomic E-state index is 13.1. The minimum atomic E-state index is -0.295. The van der Waals surface area contributed by atoms with E-state index < -0.39 is 0 Å². The summed E-state index contributed by atoms with van der Waals surface area (Å²) >= 11 is 0. The van der Waals surface area contributed by atoms with Crippen molar-refractivity contribution in [1.82, 2.24) is 0 Å². The lowest BCUT2D eigenvalue weighted by atomic mass is 9.96. The third kappa shape index (κ3) is 2.77. The second-order valence-corrected chi connectivity index (χ2v) is 4.25. The third-order valence-corrected chi connectivity index (χ3v) is 2.94. The molecule has 0 saturated carbocycles. The van der Waals surface area contributed by atoms with E-state index >= 15 is 0 Å². The first kappa shape index (κ1) is 14.0. The van der Waals surface area contributed by atoms with Crippen LogP contribution in [0.25, 0.3) is 17.2 Å². The number of ether oxygens (including phenoxy) is 1. The predicted molar refractivity (Wildman–Crippen MR) is 78.5 cm³/mol. The normalized spacial score (nSPS) is 10.1. The molecule has 102 valence electrons. The molecule has 0 N–H and O–H groups in total. The van der Waals surface area contributed by atoms with Crippen molar-refractivity contribution in [3.05, 3.63) is 59.9 Å². The van der Waals surface area contributed by atoms with Crippen molar-refractivity contribution in [3.63, 3.8) is 0 Å². The summed E-state index contributed by atoms with van der Waals surface area (Å²) < 4.78 is 18.7. The quantitative estimate of drug-likeness (QED) is 0.755. The van der Waals surface area contributed by atoms with Crippen LogP contribution in [-0.4, -0.2) is 12.9 Å². The molecule has 0 unspecified atom stereocenters. The molecule has 0 radical (unpaired) electrons. The molecular weight excluding hydrogens is 255 g/mol. The summed E-state index contributed by atoms with van der Waals surface area (Å²) in [6.45, 7) is 6.12. The van der Waals surface area contributed by atoms with Gasteiger partial charge in [0.25, 0.3) is 0 Å². The molecule has 0 aliphatic heterocycles. The summed E-state index contributed by atoms with van der Waals surface area (Å²) in [5.41, 5.74) is 2.94. The van der Waals surface area contributed by atoms with Crippen molar-refractivity contribution in [3.8, 4) is 16.9 Å². The molecule has 3 heteroatoms. The van der Waals surface area contributed by atoms with Crippen LogP contribution in [-0.2, 0) is 0 Å². The number of benzene rings is 2. The van der Waals surface area contributed by atoms with Crippen molar-refractivity contribution >= 4 is 12.4 Å². The number of carbonyl (C=O) groups excluding carboxylic acids is 1. The molecule has 0 aromatic heterocycles. The fraction of sp³-hybridized carbons (Fsp3) is 0.118. The maximum absolute atomic E-state index is 13.1. The van der Waals surface area contributed by atoms with Gasteiger partial charge in [0.2, 0.25) is 0 Å². The molecule has 2 aromatic carbocycles. The van der Waals surface area contributed by atoms with Crippen LogP contribution in [0, 0.1) is 5.82 Å². The first-order valence-electron chi connectivity index (χ1n) is 6.34. The van der Waals surface area contributed by atoms with Crippen LogP contribution in [0.15, 0.2) is 43.0 Å². The van der Waals surface area contributed by atoms with Gasteiger partial charge in [-0.2, -0.15) is 0 Å². The minimum Gasteiger partial charge on any atom is -0.493 e. The zero-order valence-corrected chi connectivity index (χ0v) is 11.2. The largest absolute Gasteiger partial charge is 0.493 e. The fourth-order valence-electron chi connectivity index (χ4n) is 2.08. The monoisotopic (exact) mass is 270 g/mol. The van der Waals surface area contributed by atoms with Crippen LogP contribution in [0.1, 0.15) is 22.8 Å². The van der Waals surface area contributed by atoms with E-state index in [0.717, 1.165) is 23.0 Å². The molecule has 0 atom stereocenters. The van der Waals surface area contributed by atoms with Crippen LogP contribution < -0.4 is 4.74 Å². The molecule has 0 aliphatic carbocycles. The van der Waals surface area contributed by atoms with Crippen LogP contribution in [0.5, 0.6) is 5.75 Å². The average Bonchev–Trinajstić information content (AvgIpc) is 2.48. The Labute approximate surface area is 117 Å². The van der Waals surface area contributed by atoms with Gasteiger partial charge in [0.15, 0.2) is 0 Å². The minimum absolute atomic E-state index is 0.295. The van der Waals surface area contributed by atoms with E-state index in [1.807, 2.05) is 6.92 Å². The van der Waals surface area contributed by atoms with E-state index in [4.69, 9.17) is 4.74 Å². The lowest BCUT2D eigenvalue weighted by Gasteiger charge is -2.14. The summed E-state index contributed by atoms with van der Waals surface area (Å²) in [5, 5.41) is 0. The summed E-state index contributed by atoms with van der Waals surface area (Å²) in [6.07, 6.45) is 2.43. The molecule has 0 amide bonds. The van der Waals surface area contributed by atoms with Gasteiger partial charge in [-0.15, -0.1) is 0 Å². The van der Waals surface area contributed by atoms with Gasteiger partial charge in [0.1, 0.15) is 17.9 Å². The molecule has 0 spiro atoms. The highest BCUT2D eigenvalue weighted by molar-refractivity contribution is 5.86. The van der Waals surface area contributed by atoms with Crippen molar-refractivity contribution in [1.29, 1.82) is 0 Å². The first-order valence-corrected chi connectivity index (χ1v) is 6.34. The second kappa shape index (κ2) is 6.15. The molecule has 0 fully saturated rings. The Kier molecular flexibility index (Phi) is 4.31. The molecular formula is C17H15FO2. The van der Waals surface area contributed by atoms with Gasteiger partial charge in [-0.25, -0.2) is 4.39 Å². The number of rotatable bonds is 5. The van der Waals surface area contributed by atoms with Gasteiger partial charge in [-0.1, -0.05) is 24.8 Å². The van der Waals surface area contributed by atoms with E-state index in [2.05, 4.69) is 6.58 Å². The van der Waals surface area contributed by atoms with E-state index in [0.29, 0.717) is 17.9 Å². The van der Waals surface area contributed by atoms with E-state index in [9.17, 15) is 9.18 Å². The van der Waals surface area contributed by atoms with Crippen LogP contribution >= 0.6 is 0 Å². The highest BCUT2D eigenvalue weighted by atomic mass is 19.1. The summed E-state index contributed by atoms with van der Waals surface area (Å²) in [4.78, 5) is 11.0. The van der Waals surface area contributed by atoms with Crippen molar-refractivity contribution in [2.75, 3.05) is 6.61 Å². The van der Waals surface area contributed by atoms with Crippen LogP contribution in [0.2, 0.25) is 0 Å². The molecule has 2 rings (SSSR count). The standard InChI is InChI=1S/C17H15FO2/c1-3-13-9-12(11-19)10-16(20-4-2)17(13)14-5-7-15(18)8-6-14/h3,5-11H,1,4H2,2H3. The van der Waals surface area contributed by atoms with Gasteiger partial charge in [-0.05, 0) is 42.3 Å². The van der Waals surface area contributed by atoms with Gasteiger partial charge in [-0.3, -0.25) is 4.79 Å². The lowest BCUT2D eigenvalue weighted by Crippen LogP contribution is -1.98. The summed E-state index contributed by atoms with van der Waals surface area (Å²) in [7, 11) is 0. The number of hydrogen-bond donors (Lipinski definition) is 0. The van der Waals surface area contributed by atoms with E-state index in [1.54, 1.807) is 30.3 Å². The Morgan fingerprint density at radius 3 is 2.50 bits per heavy atom. The molecule has 0 heterocycles. The Morgan fingerprint density at radius 2 is 1.95 bits per heavy atom. The Bertz CT molecular complexity index is 630. The predicted octanol–water partition coefficient (Wildman–Crippen LogP) is 4.35. The summed E-state index contributed by atoms with van der Waals surface area (Å²) in [6, 6.07) is 9.57. The van der Waals surface area contributed by atoms with Gasteiger partial charge in [0.05, 0.1) is 6.61 Å². The Morgan fingerprint density at radius 1 is 1.25 bits per heavy atom. The molecule has 2 aromatic rings. The Balaban J connectivity index is 2.67. The molecule has 2 nitrogen and oxygen atoms in total. The zero-order valence-electron chi connectivity index (χ0n) is 11.2. The second-order valence-electron chi connectivity index (χ2n) is 4.25. The first-order chi connectivity index (χ1) is 9.69. The molecule has 0 aliphatic rings.